The van der Waals surface area contributed by atoms with Gasteiger partial charge in [-0.2, -0.15) is 10.2 Å². The van der Waals surface area contributed by atoms with E-state index in [1.807, 2.05) is 18.2 Å². The van der Waals surface area contributed by atoms with Crippen LogP contribution in [0.4, 0.5) is 22.2 Å². The average Bonchev–Trinajstić information content (AvgIpc) is 2.84. The first-order valence-corrected chi connectivity index (χ1v) is 10.5. The molecule has 1 heterocycles. The fraction of sp³-hybridized carbons (Fsp3) is 0.200. The van der Waals surface area contributed by atoms with Crippen molar-refractivity contribution in [2.24, 2.45) is 0 Å². The molecule has 3 rings (SSSR count). The number of amides is 1. The van der Waals surface area contributed by atoms with Crippen molar-refractivity contribution in [3.05, 3.63) is 64.8 Å². The van der Waals surface area contributed by atoms with Crippen molar-refractivity contribution in [2.45, 2.75) is 12.8 Å². The maximum atomic E-state index is 11.6. The summed E-state index contributed by atoms with van der Waals surface area (Å²) in [5.41, 5.74) is 14.7. The summed E-state index contributed by atoms with van der Waals surface area (Å²) in [7, 11) is 3.06. The van der Waals surface area contributed by atoms with Crippen molar-refractivity contribution >= 4 is 23.5 Å². The van der Waals surface area contributed by atoms with Crippen molar-refractivity contribution in [3.8, 4) is 29.4 Å². The van der Waals surface area contributed by atoms with Gasteiger partial charge < -0.3 is 26.0 Å². The molecule has 3 aromatic rings. The average molecular weight is 473 g/mol. The lowest BCUT2D eigenvalue weighted by Crippen LogP contribution is -2.30. The highest BCUT2D eigenvalue weighted by Gasteiger charge is 2.15. The highest BCUT2D eigenvalue weighted by atomic mass is 16.5. The zero-order valence-electron chi connectivity index (χ0n) is 19.3. The van der Waals surface area contributed by atoms with Gasteiger partial charge >= 0.3 is 6.09 Å². The Balaban J connectivity index is 1.99. The van der Waals surface area contributed by atoms with E-state index in [0.29, 0.717) is 40.3 Å². The van der Waals surface area contributed by atoms with E-state index in [0.717, 1.165) is 10.5 Å². The van der Waals surface area contributed by atoms with Crippen LogP contribution in [-0.2, 0) is 6.42 Å². The molecule has 0 radical (unpaired) electrons. The van der Waals surface area contributed by atoms with Crippen molar-refractivity contribution < 1.29 is 19.4 Å². The van der Waals surface area contributed by atoms with E-state index in [1.54, 1.807) is 30.5 Å². The highest BCUT2D eigenvalue weighted by molar-refractivity contribution is 5.86. The molecule has 0 atom stereocenters. The third-order valence-corrected chi connectivity index (χ3v) is 5.03. The summed E-state index contributed by atoms with van der Waals surface area (Å²) in [6, 6.07) is 12.4. The van der Waals surface area contributed by atoms with Gasteiger partial charge in [0.05, 0.1) is 32.3 Å². The van der Waals surface area contributed by atoms with Crippen LogP contribution < -0.4 is 25.8 Å². The second-order valence-corrected chi connectivity index (χ2v) is 7.34. The second kappa shape index (κ2) is 11.3. The van der Waals surface area contributed by atoms with Crippen molar-refractivity contribution in [2.75, 3.05) is 37.1 Å². The van der Waals surface area contributed by atoms with E-state index < -0.39 is 6.09 Å². The fourth-order valence-electron chi connectivity index (χ4n) is 3.39. The molecule has 0 aliphatic carbocycles. The summed E-state index contributed by atoms with van der Waals surface area (Å²) in [6.07, 6.45) is 0.931. The van der Waals surface area contributed by atoms with Gasteiger partial charge in [0.2, 0.25) is 5.95 Å². The van der Waals surface area contributed by atoms with E-state index in [-0.39, 0.29) is 24.7 Å². The lowest BCUT2D eigenvalue weighted by Gasteiger charge is -2.17. The predicted molar refractivity (Wildman–Crippen MR) is 131 cm³/mol. The standard InChI is InChI=1S/C25H24N6O4/c1-34-21-14-17(12-19-15-29-24(28)30-23(19)27)11-18(22(21)35-2)8-7-16-5-3-6-20(13-16)31(25(32)33)10-4-9-26/h3,5-6,11,13-15H,4,10,12H2,1-2H3,(H,32,33)(H4,27,28,29,30). The van der Waals surface area contributed by atoms with Crippen LogP contribution in [0.1, 0.15) is 28.7 Å². The molecule has 10 heteroatoms. The van der Waals surface area contributed by atoms with Gasteiger partial charge in [-0.25, -0.2) is 9.78 Å². The smallest absolute Gasteiger partial charge is 0.411 e. The number of methoxy groups -OCH3 is 2. The summed E-state index contributed by atoms with van der Waals surface area (Å²) in [5, 5.41) is 18.3. The summed E-state index contributed by atoms with van der Waals surface area (Å²) in [6.45, 7) is 0.0633. The largest absolute Gasteiger partial charge is 0.493 e. The summed E-state index contributed by atoms with van der Waals surface area (Å²) < 4.78 is 11.0. The highest BCUT2D eigenvalue weighted by Crippen LogP contribution is 2.33. The molecule has 1 aromatic heterocycles. The Bertz CT molecular complexity index is 1340. The Morgan fingerprint density at radius 1 is 1.17 bits per heavy atom. The molecule has 178 valence electrons. The molecule has 0 aliphatic rings. The Hall–Kier alpha value is -4.96. The number of anilines is 3. The van der Waals surface area contributed by atoms with Crippen LogP contribution in [0.2, 0.25) is 0 Å². The topological polar surface area (TPSA) is 161 Å². The van der Waals surface area contributed by atoms with Crippen LogP contribution in [0.3, 0.4) is 0 Å². The number of ether oxygens (including phenoxy) is 2. The molecule has 0 bridgehead atoms. The number of nitrogens with two attached hydrogens (primary N) is 2. The molecule has 0 aliphatic heterocycles. The van der Waals surface area contributed by atoms with Gasteiger partial charge in [-0.1, -0.05) is 17.9 Å². The van der Waals surface area contributed by atoms with Gasteiger partial charge in [0.15, 0.2) is 11.5 Å². The van der Waals surface area contributed by atoms with Crippen LogP contribution in [-0.4, -0.2) is 41.9 Å². The quantitative estimate of drug-likeness (QED) is 0.439. The number of rotatable bonds is 7. The normalized spacial score (nSPS) is 9.97. The maximum Gasteiger partial charge on any atom is 0.411 e. The van der Waals surface area contributed by atoms with Crippen molar-refractivity contribution in [3.63, 3.8) is 0 Å². The minimum absolute atomic E-state index is 0.0633. The molecule has 0 spiro atoms. The van der Waals surface area contributed by atoms with Crippen LogP contribution in [0.15, 0.2) is 42.6 Å². The lowest BCUT2D eigenvalue weighted by atomic mass is 10.0. The number of nitriles is 1. The number of hydrogen-bond donors (Lipinski definition) is 3. The van der Waals surface area contributed by atoms with E-state index in [2.05, 4.69) is 21.8 Å². The molecule has 0 saturated carbocycles. The van der Waals surface area contributed by atoms with E-state index >= 15 is 0 Å². The summed E-state index contributed by atoms with van der Waals surface area (Å²) in [5.74, 6) is 7.48. The molecular formula is C25H24N6O4. The van der Waals surface area contributed by atoms with Gasteiger partial charge in [-0.3, -0.25) is 4.90 Å². The molecular weight excluding hydrogens is 448 g/mol. The Kier molecular flexibility index (Phi) is 7.94. The molecule has 10 nitrogen and oxygen atoms in total. The second-order valence-electron chi connectivity index (χ2n) is 7.34. The molecule has 0 fully saturated rings. The molecule has 0 saturated heterocycles. The Morgan fingerprint density at radius 3 is 2.63 bits per heavy atom. The third kappa shape index (κ3) is 6.09. The third-order valence-electron chi connectivity index (χ3n) is 5.03. The number of benzene rings is 2. The molecule has 2 aromatic carbocycles. The monoisotopic (exact) mass is 472 g/mol. The van der Waals surface area contributed by atoms with Gasteiger partial charge in [0, 0.05) is 36.0 Å². The van der Waals surface area contributed by atoms with Gasteiger partial charge in [-0.05, 0) is 35.9 Å². The zero-order valence-corrected chi connectivity index (χ0v) is 19.3. The first-order valence-electron chi connectivity index (χ1n) is 10.5. The summed E-state index contributed by atoms with van der Waals surface area (Å²) >= 11 is 0. The minimum Gasteiger partial charge on any atom is -0.493 e. The zero-order chi connectivity index (χ0) is 25.4. The minimum atomic E-state index is -1.14. The number of carbonyl (C=O) groups is 1. The fourth-order valence-corrected chi connectivity index (χ4v) is 3.39. The summed E-state index contributed by atoms with van der Waals surface area (Å²) in [4.78, 5) is 20.7. The van der Waals surface area contributed by atoms with Gasteiger partial charge in [0.25, 0.3) is 0 Å². The number of carboxylic acid groups (broad SMARTS) is 1. The number of aromatic nitrogens is 2. The number of nitrogens with zero attached hydrogens (tertiary/aromatic N) is 4. The molecule has 1 amide bonds. The van der Waals surface area contributed by atoms with Gasteiger partial charge in [0.1, 0.15) is 5.82 Å². The van der Waals surface area contributed by atoms with Crippen LogP contribution >= 0.6 is 0 Å². The van der Waals surface area contributed by atoms with Crippen LogP contribution in [0.5, 0.6) is 11.5 Å². The molecule has 35 heavy (non-hydrogen) atoms. The first kappa shape index (κ1) is 24.7. The van der Waals surface area contributed by atoms with Crippen LogP contribution in [0.25, 0.3) is 0 Å². The lowest BCUT2D eigenvalue weighted by molar-refractivity contribution is 0.202. The molecule has 5 N–H and O–H groups in total. The first-order chi connectivity index (χ1) is 16.9. The van der Waals surface area contributed by atoms with Crippen molar-refractivity contribution in [1.29, 1.82) is 5.26 Å². The predicted octanol–water partition coefficient (Wildman–Crippen LogP) is 3.05. The van der Waals surface area contributed by atoms with Crippen LogP contribution in [0, 0.1) is 23.2 Å². The Labute approximate surface area is 202 Å². The number of hydrogen-bond acceptors (Lipinski definition) is 8. The Morgan fingerprint density at radius 2 is 1.97 bits per heavy atom. The maximum absolute atomic E-state index is 11.6. The molecule has 0 unspecified atom stereocenters. The number of nitrogen functional groups attached to an aromatic ring is 2. The van der Waals surface area contributed by atoms with Gasteiger partial charge in [-0.15, -0.1) is 0 Å². The SMILES string of the molecule is COc1cc(Cc2cnc(N)nc2N)cc(C#Cc2cccc(N(CCC#N)C(=O)O)c2)c1OC. The van der Waals surface area contributed by atoms with Crippen molar-refractivity contribution in [1.82, 2.24) is 9.97 Å². The van der Waals surface area contributed by atoms with E-state index in [4.69, 9.17) is 26.2 Å². The van der Waals surface area contributed by atoms with E-state index in [1.165, 1.54) is 14.2 Å². The van der Waals surface area contributed by atoms with E-state index in [9.17, 15) is 9.90 Å².